The number of nitrogens with zero attached hydrogens (tertiary/aromatic N) is 2. The Bertz CT molecular complexity index is 687. The molecule has 0 bridgehead atoms. The minimum absolute atomic E-state index is 0.778. The molecule has 0 aromatic carbocycles. The van der Waals surface area contributed by atoms with Crippen LogP contribution in [0.2, 0.25) is 19.6 Å². The molecule has 0 atom stereocenters. The van der Waals surface area contributed by atoms with Gasteiger partial charge in [-0.05, 0) is 26.7 Å². The van der Waals surface area contributed by atoms with Crippen molar-refractivity contribution in [1.29, 1.82) is 0 Å². The summed E-state index contributed by atoms with van der Waals surface area (Å²) in [7, 11) is -14.4. The number of rotatable bonds is 11. The maximum atomic E-state index is 11.4. The second-order valence-corrected chi connectivity index (χ2v) is 17.3. The highest BCUT2D eigenvalue weighted by Gasteiger charge is 2.46. The second kappa shape index (κ2) is 12.2. The van der Waals surface area contributed by atoms with Gasteiger partial charge in [0.2, 0.25) is 0 Å². The summed E-state index contributed by atoms with van der Waals surface area (Å²) < 4.78 is 111. The van der Waals surface area contributed by atoms with Gasteiger partial charge in [-0.15, -0.1) is 0 Å². The molecule has 0 aliphatic rings. The number of sulfonamides is 2. The van der Waals surface area contributed by atoms with E-state index in [0.717, 1.165) is 4.13 Å². The molecule has 0 aromatic rings. The van der Waals surface area contributed by atoms with Gasteiger partial charge in [0, 0.05) is 0 Å². The molecular formula is C16H34F6N2O4S2Si. The van der Waals surface area contributed by atoms with Crippen molar-refractivity contribution < 1.29 is 47.7 Å². The van der Waals surface area contributed by atoms with Crippen LogP contribution in [-0.4, -0.2) is 66.2 Å². The quantitative estimate of drug-likeness (QED) is 0.158. The van der Waals surface area contributed by atoms with Crippen molar-refractivity contribution in [2.45, 2.75) is 77.1 Å². The van der Waals surface area contributed by atoms with Gasteiger partial charge >= 0.3 is 11.0 Å². The van der Waals surface area contributed by atoms with Gasteiger partial charge in [-0.1, -0.05) is 39.4 Å². The molecule has 0 aliphatic carbocycles. The molecule has 0 spiro atoms. The number of alkyl halides is 6. The number of halogens is 6. The van der Waals surface area contributed by atoms with Crippen molar-refractivity contribution in [2.75, 3.05) is 25.8 Å². The van der Waals surface area contributed by atoms with E-state index in [1.807, 2.05) is 0 Å². The molecular weight excluding hydrogens is 490 g/mol. The summed E-state index contributed by atoms with van der Waals surface area (Å²) >= 11 is 0. The summed E-state index contributed by atoms with van der Waals surface area (Å²) in [5, 5.41) is 0. The first-order valence-electron chi connectivity index (χ1n) is 9.81. The SMILES string of the molecule is CCCCCC[N+](CC)(CC)C[Si](C)(C)C.O=S(=O)([N-]S(=O)(=O)C(F)(F)F)C(F)(F)F. The Labute approximate surface area is 183 Å². The third-order valence-corrected chi connectivity index (χ3v) is 8.78. The summed E-state index contributed by atoms with van der Waals surface area (Å²) in [5.41, 5.74) is -12.4. The zero-order chi connectivity index (χ0) is 25.4. The van der Waals surface area contributed by atoms with Gasteiger partial charge in [0.05, 0.1) is 25.8 Å². The maximum absolute atomic E-state index is 11.4. The number of hydrogen-bond acceptors (Lipinski definition) is 4. The lowest BCUT2D eigenvalue weighted by Crippen LogP contribution is -2.56. The molecule has 0 unspecified atom stereocenters. The van der Waals surface area contributed by atoms with E-state index in [0.29, 0.717) is 0 Å². The molecule has 15 heteroatoms. The topological polar surface area (TPSA) is 82.4 Å². The molecule has 0 aliphatic heterocycles. The fourth-order valence-electron chi connectivity index (χ4n) is 2.94. The van der Waals surface area contributed by atoms with Crippen LogP contribution < -0.4 is 0 Å². The zero-order valence-electron chi connectivity index (χ0n) is 18.8. The van der Waals surface area contributed by atoms with Crippen LogP contribution in [0.15, 0.2) is 0 Å². The molecule has 31 heavy (non-hydrogen) atoms. The summed E-state index contributed by atoms with van der Waals surface area (Å²) in [4.78, 5) is 0. The van der Waals surface area contributed by atoms with Gasteiger partial charge in [-0.2, -0.15) is 26.3 Å². The van der Waals surface area contributed by atoms with Gasteiger partial charge in [-0.3, -0.25) is 0 Å². The van der Waals surface area contributed by atoms with Crippen molar-refractivity contribution in [1.82, 2.24) is 0 Å². The van der Waals surface area contributed by atoms with E-state index in [4.69, 9.17) is 0 Å². The molecule has 0 radical (unpaired) electrons. The fourth-order valence-corrected chi connectivity index (χ4v) is 7.26. The van der Waals surface area contributed by atoms with Crippen LogP contribution in [0.1, 0.15) is 46.5 Å². The first kappa shape index (κ1) is 32.8. The largest absolute Gasteiger partial charge is 0.480 e. The third-order valence-electron chi connectivity index (χ3n) is 4.42. The van der Waals surface area contributed by atoms with Crippen molar-refractivity contribution >= 4 is 28.1 Å². The van der Waals surface area contributed by atoms with Crippen LogP contribution in [0.25, 0.3) is 4.13 Å². The average molecular weight is 525 g/mol. The highest BCUT2D eigenvalue weighted by Crippen LogP contribution is 2.36. The number of quaternary nitrogens is 1. The standard InChI is InChI=1S/C14H34NSi.C2F6NO4S2/c1-7-10-11-12-13-15(8-2,9-3)14-16(4,5)6;3-1(4,5)14(10,11)9-15(12,13)2(6,7)8/h7-14H2,1-6H3;/q+1;-1. The maximum Gasteiger partial charge on any atom is 0.480 e. The lowest BCUT2D eigenvalue weighted by molar-refractivity contribution is -0.916. The van der Waals surface area contributed by atoms with Crippen LogP contribution in [0, 0.1) is 0 Å². The lowest BCUT2D eigenvalue weighted by Gasteiger charge is -2.41. The van der Waals surface area contributed by atoms with Crippen LogP contribution in [-0.2, 0) is 20.0 Å². The fraction of sp³-hybridized carbons (Fsp3) is 1.00. The number of hydrogen-bond donors (Lipinski definition) is 0. The van der Waals surface area contributed by atoms with Crippen molar-refractivity contribution in [3.8, 4) is 0 Å². The van der Waals surface area contributed by atoms with Crippen LogP contribution in [0.5, 0.6) is 0 Å². The summed E-state index contributed by atoms with van der Waals surface area (Å²) in [6.07, 6.45) is 7.10. The molecule has 0 amide bonds. The summed E-state index contributed by atoms with van der Waals surface area (Å²) in [6.45, 7) is 18.7. The van der Waals surface area contributed by atoms with Crippen LogP contribution >= 0.6 is 0 Å². The highest BCUT2D eigenvalue weighted by atomic mass is 32.3. The first-order chi connectivity index (χ1) is 13.6. The van der Waals surface area contributed by atoms with Crippen molar-refractivity contribution in [2.24, 2.45) is 0 Å². The average Bonchev–Trinajstić information content (AvgIpc) is 2.54. The van der Waals surface area contributed by atoms with E-state index in [1.165, 1.54) is 56.0 Å². The van der Waals surface area contributed by atoms with Crippen molar-refractivity contribution in [3.63, 3.8) is 0 Å². The van der Waals surface area contributed by atoms with Gasteiger partial charge < -0.3 is 8.61 Å². The molecule has 0 N–H and O–H groups in total. The minimum atomic E-state index is -6.72. The lowest BCUT2D eigenvalue weighted by atomic mass is 10.2. The Morgan fingerprint density at radius 3 is 1.39 bits per heavy atom. The van der Waals surface area contributed by atoms with E-state index in [2.05, 4.69) is 40.4 Å². The third kappa shape index (κ3) is 12.4. The molecule has 0 heterocycles. The summed E-state index contributed by atoms with van der Waals surface area (Å²) in [6, 6.07) is 0. The Kier molecular flexibility index (Phi) is 12.9. The molecule has 6 nitrogen and oxygen atoms in total. The Hall–Kier alpha value is -0.383. The molecule has 190 valence electrons. The van der Waals surface area contributed by atoms with E-state index >= 15 is 0 Å². The van der Waals surface area contributed by atoms with E-state index in [-0.39, 0.29) is 0 Å². The Balaban J connectivity index is 0. The van der Waals surface area contributed by atoms with E-state index in [9.17, 15) is 43.2 Å². The summed E-state index contributed by atoms with van der Waals surface area (Å²) in [5.74, 6) is 0. The predicted octanol–water partition coefficient (Wildman–Crippen LogP) is 5.36. The molecule has 0 fully saturated rings. The Morgan fingerprint density at radius 2 is 1.13 bits per heavy atom. The second-order valence-electron chi connectivity index (χ2n) is 8.39. The van der Waals surface area contributed by atoms with Gasteiger partial charge in [0.1, 0.15) is 8.07 Å². The monoisotopic (exact) mass is 524 g/mol. The Morgan fingerprint density at radius 1 is 0.742 bits per heavy atom. The minimum Gasteiger partial charge on any atom is -0.421 e. The van der Waals surface area contributed by atoms with Gasteiger partial charge in [0.25, 0.3) is 0 Å². The van der Waals surface area contributed by atoms with Crippen LogP contribution in [0.4, 0.5) is 26.3 Å². The first-order valence-corrected chi connectivity index (χ1v) is 16.4. The van der Waals surface area contributed by atoms with Gasteiger partial charge in [0.15, 0.2) is 20.0 Å². The molecule has 0 saturated carbocycles. The van der Waals surface area contributed by atoms with E-state index in [1.54, 1.807) is 0 Å². The number of unbranched alkanes of at least 4 members (excludes halogenated alkanes) is 3. The normalized spacial score (nSPS) is 14.2. The molecule has 0 saturated heterocycles. The molecule has 0 aromatic heterocycles. The molecule has 0 rings (SSSR count). The smallest absolute Gasteiger partial charge is 0.421 e. The highest BCUT2D eigenvalue weighted by molar-refractivity contribution is 8.13. The van der Waals surface area contributed by atoms with Crippen LogP contribution in [0.3, 0.4) is 0 Å². The van der Waals surface area contributed by atoms with Crippen molar-refractivity contribution in [3.05, 3.63) is 4.13 Å². The van der Waals surface area contributed by atoms with Gasteiger partial charge in [-0.25, -0.2) is 16.8 Å². The van der Waals surface area contributed by atoms with E-state index < -0.39 is 39.1 Å². The predicted molar refractivity (Wildman–Crippen MR) is 112 cm³/mol. The zero-order valence-corrected chi connectivity index (χ0v) is 21.4.